The van der Waals surface area contributed by atoms with Gasteiger partial charge in [0.25, 0.3) is 0 Å². The number of aromatic nitrogens is 2. The number of rotatable bonds is 5. The van der Waals surface area contributed by atoms with Gasteiger partial charge in [-0.3, -0.25) is 4.68 Å². The Kier molecular flexibility index (Phi) is 4.61. The van der Waals surface area contributed by atoms with Gasteiger partial charge >= 0.3 is 0 Å². The molecule has 2 aromatic rings. The summed E-state index contributed by atoms with van der Waals surface area (Å²) < 4.78 is 15.7. The van der Waals surface area contributed by atoms with Crippen LogP contribution in [0.15, 0.2) is 34.2 Å². The van der Waals surface area contributed by atoms with Crippen molar-refractivity contribution < 1.29 is 4.39 Å². The van der Waals surface area contributed by atoms with Gasteiger partial charge < -0.3 is 5.32 Å². The molecule has 5 heteroatoms. The molecule has 102 valence electrons. The molecule has 1 heterocycles. The van der Waals surface area contributed by atoms with Crippen LogP contribution in [-0.2, 0) is 13.6 Å². The molecule has 19 heavy (non-hydrogen) atoms. The molecule has 0 saturated carbocycles. The van der Waals surface area contributed by atoms with E-state index >= 15 is 0 Å². The fourth-order valence-corrected chi connectivity index (χ4v) is 2.92. The molecule has 0 fully saturated rings. The summed E-state index contributed by atoms with van der Waals surface area (Å²) in [5.74, 6) is -0.162. The molecule has 2 rings (SSSR count). The highest BCUT2D eigenvalue weighted by Crippen LogP contribution is 2.31. The van der Waals surface area contributed by atoms with E-state index < -0.39 is 0 Å². The van der Waals surface area contributed by atoms with Crippen LogP contribution in [0.25, 0.3) is 0 Å². The number of nitrogens with zero attached hydrogens (tertiary/aromatic N) is 2. The van der Waals surface area contributed by atoms with Gasteiger partial charge in [-0.2, -0.15) is 5.10 Å². The molecule has 0 amide bonds. The van der Waals surface area contributed by atoms with Gasteiger partial charge in [0.2, 0.25) is 0 Å². The first-order valence-electron chi connectivity index (χ1n) is 6.28. The Morgan fingerprint density at radius 1 is 1.42 bits per heavy atom. The van der Waals surface area contributed by atoms with Gasteiger partial charge in [0.1, 0.15) is 5.82 Å². The summed E-state index contributed by atoms with van der Waals surface area (Å²) in [6, 6.07) is 7.21. The first-order valence-corrected chi connectivity index (χ1v) is 7.10. The highest BCUT2D eigenvalue weighted by molar-refractivity contribution is 7.99. The molecular weight excluding hydrogens is 261 g/mol. The van der Waals surface area contributed by atoms with Crippen LogP contribution in [0, 0.1) is 12.7 Å². The van der Waals surface area contributed by atoms with Crippen molar-refractivity contribution in [1.82, 2.24) is 15.1 Å². The molecule has 0 atom stereocenters. The molecule has 0 saturated heterocycles. The van der Waals surface area contributed by atoms with Crippen LogP contribution < -0.4 is 5.32 Å². The Morgan fingerprint density at radius 3 is 2.84 bits per heavy atom. The van der Waals surface area contributed by atoms with E-state index in [0.29, 0.717) is 12.1 Å². The lowest BCUT2D eigenvalue weighted by molar-refractivity contribution is 0.585. The molecule has 1 aromatic carbocycles. The number of hydrogen-bond acceptors (Lipinski definition) is 3. The Balaban J connectivity index is 2.29. The van der Waals surface area contributed by atoms with Crippen molar-refractivity contribution in [3.8, 4) is 0 Å². The fraction of sp³-hybridized carbons (Fsp3) is 0.357. The summed E-state index contributed by atoms with van der Waals surface area (Å²) in [4.78, 5) is 0.934. The molecule has 0 aliphatic rings. The van der Waals surface area contributed by atoms with Crippen LogP contribution in [0.3, 0.4) is 0 Å². The van der Waals surface area contributed by atoms with E-state index in [1.165, 1.54) is 6.07 Å². The van der Waals surface area contributed by atoms with Crippen molar-refractivity contribution >= 4 is 11.8 Å². The highest BCUT2D eigenvalue weighted by atomic mass is 32.2. The number of nitrogens with one attached hydrogen (secondary N) is 1. The van der Waals surface area contributed by atoms with E-state index in [9.17, 15) is 4.39 Å². The minimum Gasteiger partial charge on any atom is -0.313 e. The van der Waals surface area contributed by atoms with Gasteiger partial charge in [0.05, 0.1) is 10.7 Å². The zero-order valence-corrected chi connectivity index (χ0v) is 12.2. The summed E-state index contributed by atoms with van der Waals surface area (Å²) in [5, 5.41) is 8.50. The van der Waals surface area contributed by atoms with E-state index in [1.54, 1.807) is 17.8 Å². The van der Waals surface area contributed by atoms with Gasteiger partial charge in [0, 0.05) is 24.1 Å². The molecule has 1 N–H and O–H groups in total. The van der Waals surface area contributed by atoms with E-state index in [1.807, 2.05) is 37.7 Å². The van der Waals surface area contributed by atoms with Gasteiger partial charge in [-0.1, -0.05) is 24.8 Å². The van der Waals surface area contributed by atoms with Crippen LogP contribution in [0.5, 0.6) is 0 Å². The quantitative estimate of drug-likeness (QED) is 0.912. The molecule has 0 unspecified atom stereocenters. The maximum Gasteiger partial charge on any atom is 0.128 e. The standard InChI is InChI=1S/C14H18FN3S/c1-4-16-9-11-12(15)6-5-7-13(11)19-14-8-10(2)17-18(14)3/h5-8,16H,4,9H2,1-3H3. The average molecular weight is 279 g/mol. The zero-order valence-electron chi connectivity index (χ0n) is 11.4. The topological polar surface area (TPSA) is 29.9 Å². The Labute approximate surface area is 117 Å². The minimum atomic E-state index is -0.162. The molecule has 0 radical (unpaired) electrons. The normalized spacial score (nSPS) is 10.9. The molecule has 0 spiro atoms. The number of hydrogen-bond donors (Lipinski definition) is 1. The number of halogens is 1. The smallest absolute Gasteiger partial charge is 0.128 e. The fourth-order valence-electron chi connectivity index (χ4n) is 1.85. The predicted molar refractivity (Wildman–Crippen MR) is 75.8 cm³/mol. The summed E-state index contributed by atoms with van der Waals surface area (Å²) in [6.45, 7) is 5.33. The molecule has 0 aliphatic heterocycles. The minimum absolute atomic E-state index is 0.162. The van der Waals surface area contributed by atoms with Gasteiger partial charge in [0.15, 0.2) is 0 Å². The SMILES string of the molecule is CCNCc1c(F)cccc1Sc1cc(C)nn1C. The average Bonchev–Trinajstić information content (AvgIpc) is 2.67. The monoisotopic (exact) mass is 279 g/mol. The van der Waals surface area contributed by atoms with Crippen LogP contribution in [-0.4, -0.2) is 16.3 Å². The lowest BCUT2D eigenvalue weighted by atomic mass is 10.2. The zero-order chi connectivity index (χ0) is 13.8. The Bertz CT molecular complexity index is 566. The molecule has 3 nitrogen and oxygen atoms in total. The van der Waals surface area contributed by atoms with Crippen molar-refractivity contribution in [2.45, 2.75) is 30.3 Å². The summed E-state index contributed by atoms with van der Waals surface area (Å²) in [7, 11) is 1.90. The number of benzene rings is 1. The van der Waals surface area contributed by atoms with E-state index in [2.05, 4.69) is 10.4 Å². The molecule has 0 aliphatic carbocycles. The van der Waals surface area contributed by atoms with Crippen molar-refractivity contribution in [1.29, 1.82) is 0 Å². The second-order valence-electron chi connectivity index (χ2n) is 4.35. The third kappa shape index (κ3) is 3.36. The van der Waals surface area contributed by atoms with Crippen molar-refractivity contribution in [2.75, 3.05) is 6.54 Å². The van der Waals surface area contributed by atoms with Crippen molar-refractivity contribution in [3.63, 3.8) is 0 Å². The van der Waals surface area contributed by atoms with E-state index in [-0.39, 0.29) is 5.82 Å². The summed E-state index contributed by atoms with van der Waals surface area (Å²) in [5.41, 5.74) is 1.68. The predicted octanol–water partition coefficient (Wildman–Crippen LogP) is 3.13. The van der Waals surface area contributed by atoms with E-state index in [0.717, 1.165) is 22.2 Å². The second kappa shape index (κ2) is 6.21. The first-order chi connectivity index (χ1) is 9.11. The number of aryl methyl sites for hydroxylation is 2. The van der Waals surface area contributed by atoms with Crippen LogP contribution in [0.1, 0.15) is 18.2 Å². The lowest BCUT2D eigenvalue weighted by Crippen LogP contribution is -2.13. The van der Waals surface area contributed by atoms with Crippen LogP contribution >= 0.6 is 11.8 Å². The van der Waals surface area contributed by atoms with Crippen LogP contribution in [0.4, 0.5) is 4.39 Å². The van der Waals surface area contributed by atoms with Crippen molar-refractivity contribution in [3.05, 3.63) is 41.3 Å². The third-order valence-corrected chi connectivity index (χ3v) is 3.99. The first kappa shape index (κ1) is 14.1. The van der Waals surface area contributed by atoms with Gasteiger partial charge in [-0.05, 0) is 31.7 Å². The molecule has 1 aromatic heterocycles. The maximum atomic E-state index is 13.9. The van der Waals surface area contributed by atoms with Crippen molar-refractivity contribution in [2.24, 2.45) is 7.05 Å². The second-order valence-corrected chi connectivity index (χ2v) is 5.41. The van der Waals surface area contributed by atoms with E-state index in [4.69, 9.17) is 0 Å². The maximum absolute atomic E-state index is 13.9. The third-order valence-electron chi connectivity index (χ3n) is 2.80. The van der Waals surface area contributed by atoms with Gasteiger partial charge in [-0.25, -0.2) is 4.39 Å². The summed E-state index contributed by atoms with van der Waals surface area (Å²) in [6.07, 6.45) is 0. The highest BCUT2D eigenvalue weighted by Gasteiger charge is 2.11. The van der Waals surface area contributed by atoms with Gasteiger partial charge in [-0.15, -0.1) is 0 Å². The molecular formula is C14H18FN3S. The molecule has 0 bridgehead atoms. The lowest BCUT2D eigenvalue weighted by Gasteiger charge is -2.10. The Morgan fingerprint density at radius 2 is 2.21 bits per heavy atom. The Hall–Kier alpha value is -1.33. The summed E-state index contributed by atoms with van der Waals surface area (Å²) >= 11 is 1.55. The largest absolute Gasteiger partial charge is 0.313 e. The van der Waals surface area contributed by atoms with Crippen LogP contribution in [0.2, 0.25) is 0 Å².